The van der Waals surface area contributed by atoms with Gasteiger partial charge in [0.1, 0.15) is 5.75 Å². The van der Waals surface area contributed by atoms with Crippen molar-refractivity contribution in [2.75, 3.05) is 0 Å². The lowest BCUT2D eigenvalue weighted by Crippen LogP contribution is -2.27. The molecule has 20 heavy (non-hydrogen) atoms. The van der Waals surface area contributed by atoms with Crippen LogP contribution >= 0.6 is 12.4 Å². The predicted molar refractivity (Wildman–Crippen MR) is 72.8 cm³/mol. The number of benzene rings is 1. The van der Waals surface area contributed by atoms with Gasteiger partial charge in [0.25, 0.3) is 0 Å². The van der Waals surface area contributed by atoms with Gasteiger partial charge in [0.15, 0.2) is 0 Å². The van der Waals surface area contributed by atoms with Gasteiger partial charge in [-0.05, 0) is 30.0 Å². The van der Waals surface area contributed by atoms with Crippen molar-refractivity contribution in [3.05, 3.63) is 29.8 Å². The first kappa shape index (κ1) is 19.0. The average Bonchev–Trinajstić information content (AvgIpc) is 2.26. The lowest BCUT2D eigenvalue weighted by atomic mass is 9.95. The quantitative estimate of drug-likeness (QED) is 0.876. The molecule has 0 aliphatic heterocycles. The summed E-state index contributed by atoms with van der Waals surface area (Å²) in [5.41, 5.74) is 6.42. The van der Waals surface area contributed by atoms with Crippen LogP contribution in [0.15, 0.2) is 24.3 Å². The molecule has 116 valence electrons. The van der Waals surface area contributed by atoms with Crippen molar-refractivity contribution in [1.82, 2.24) is 0 Å². The van der Waals surface area contributed by atoms with Crippen LogP contribution in [0.4, 0.5) is 13.2 Å². The van der Waals surface area contributed by atoms with E-state index in [0.29, 0.717) is 12.0 Å². The molecule has 0 amide bonds. The third kappa shape index (κ3) is 6.45. The lowest BCUT2D eigenvalue weighted by molar-refractivity contribution is -0.274. The van der Waals surface area contributed by atoms with E-state index in [1.807, 2.05) is 13.8 Å². The van der Waals surface area contributed by atoms with E-state index >= 15 is 0 Å². The molecule has 0 unspecified atom stereocenters. The van der Waals surface area contributed by atoms with Gasteiger partial charge in [0, 0.05) is 0 Å². The Labute approximate surface area is 122 Å². The van der Waals surface area contributed by atoms with Crippen molar-refractivity contribution in [3.8, 4) is 5.75 Å². The van der Waals surface area contributed by atoms with Crippen LogP contribution in [0.25, 0.3) is 0 Å². The fourth-order valence-corrected chi connectivity index (χ4v) is 1.74. The molecule has 3 nitrogen and oxygen atoms in total. The van der Waals surface area contributed by atoms with E-state index in [1.54, 1.807) is 0 Å². The van der Waals surface area contributed by atoms with Crippen molar-refractivity contribution in [2.24, 2.45) is 11.7 Å². The molecule has 0 saturated heterocycles. The molecule has 0 aromatic heterocycles. The van der Waals surface area contributed by atoms with Crippen molar-refractivity contribution >= 4 is 12.4 Å². The fraction of sp³-hybridized carbons (Fsp3) is 0.538. The summed E-state index contributed by atoms with van der Waals surface area (Å²) >= 11 is 0. The number of nitrogens with two attached hydrogens (primary N) is 1. The summed E-state index contributed by atoms with van der Waals surface area (Å²) in [6.07, 6.45) is -4.91. The molecule has 0 aliphatic carbocycles. The predicted octanol–water partition coefficient (Wildman–Crippen LogP) is 3.41. The van der Waals surface area contributed by atoms with E-state index < -0.39 is 18.5 Å². The van der Waals surface area contributed by atoms with Crippen LogP contribution in [0.5, 0.6) is 5.75 Å². The van der Waals surface area contributed by atoms with Crippen LogP contribution in [0, 0.1) is 5.92 Å². The third-order valence-electron chi connectivity index (χ3n) is 2.63. The van der Waals surface area contributed by atoms with E-state index in [2.05, 4.69) is 4.74 Å². The Morgan fingerprint density at radius 1 is 1.20 bits per heavy atom. The first-order chi connectivity index (χ1) is 8.69. The number of aliphatic hydroxyl groups excluding tert-OH is 1. The Hall–Kier alpha value is -0.980. The monoisotopic (exact) mass is 313 g/mol. The summed E-state index contributed by atoms with van der Waals surface area (Å²) in [5, 5.41) is 9.86. The minimum atomic E-state index is -4.71. The molecule has 1 aromatic rings. The van der Waals surface area contributed by atoms with Gasteiger partial charge >= 0.3 is 6.36 Å². The Balaban J connectivity index is 0.00000361. The number of halogens is 4. The number of rotatable bonds is 5. The van der Waals surface area contributed by atoms with Crippen LogP contribution in [-0.2, 0) is 0 Å². The van der Waals surface area contributed by atoms with Crippen LogP contribution in [-0.4, -0.2) is 17.6 Å². The highest BCUT2D eigenvalue weighted by Gasteiger charge is 2.31. The molecular weight excluding hydrogens is 295 g/mol. The highest BCUT2D eigenvalue weighted by atomic mass is 35.5. The third-order valence-corrected chi connectivity index (χ3v) is 2.63. The number of ether oxygens (including phenoxy) is 1. The van der Waals surface area contributed by atoms with E-state index in [4.69, 9.17) is 5.73 Å². The largest absolute Gasteiger partial charge is 0.573 e. The van der Waals surface area contributed by atoms with E-state index in [9.17, 15) is 18.3 Å². The Kier molecular flexibility index (Phi) is 7.33. The maximum absolute atomic E-state index is 12.0. The summed E-state index contributed by atoms with van der Waals surface area (Å²) in [6, 6.07) is 4.60. The Bertz CT molecular complexity index is 396. The van der Waals surface area contributed by atoms with Gasteiger partial charge in [0.2, 0.25) is 0 Å². The molecule has 0 fully saturated rings. The van der Waals surface area contributed by atoms with Crippen molar-refractivity contribution < 1.29 is 23.0 Å². The highest BCUT2D eigenvalue weighted by molar-refractivity contribution is 5.85. The molecule has 0 aliphatic rings. The SMILES string of the molecule is CC(C)C[C@@H](O)[C@@H](N)c1ccc(OC(F)(F)F)cc1.Cl. The Morgan fingerprint density at radius 3 is 2.10 bits per heavy atom. The fourth-order valence-electron chi connectivity index (χ4n) is 1.74. The maximum Gasteiger partial charge on any atom is 0.573 e. The highest BCUT2D eigenvalue weighted by Crippen LogP contribution is 2.25. The molecule has 0 bridgehead atoms. The topological polar surface area (TPSA) is 55.5 Å². The zero-order chi connectivity index (χ0) is 14.6. The van der Waals surface area contributed by atoms with Crippen LogP contribution < -0.4 is 10.5 Å². The molecule has 2 atom stereocenters. The number of alkyl halides is 3. The normalized spacial score (nSPS) is 14.6. The van der Waals surface area contributed by atoms with Crippen molar-refractivity contribution in [2.45, 2.75) is 38.8 Å². The van der Waals surface area contributed by atoms with Crippen molar-refractivity contribution in [1.29, 1.82) is 0 Å². The second kappa shape index (κ2) is 7.71. The molecule has 1 aromatic carbocycles. The molecule has 0 radical (unpaired) electrons. The summed E-state index contributed by atoms with van der Waals surface area (Å²) in [6.45, 7) is 3.91. The summed E-state index contributed by atoms with van der Waals surface area (Å²) in [7, 11) is 0. The zero-order valence-corrected chi connectivity index (χ0v) is 12.0. The number of hydrogen-bond acceptors (Lipinski definition) is 3. The van der Waals surface area contributed by atoms with Gasteiger partial charge in [-0.25, -0.2) is 0 Å². The number of hydrogen-bond donors (Lipinski definition) is 2. The molecule has 0 saturated carbocycles. The van der Waals surface area contributed by atoms with E-state index in [-0.39, 0.29) is 24.1 Å². The van der Waals surface area contributed by atoms with Gasteiger partial charge in [0.05, 0.1) is 12.1 Å². The smallest absolute Gasteiger partial charge is 0.406 e. The second-order valence-corrected chi connectivity index (χ2v) is 4.84. The van der Waals surface area contributed by atoms with E-state index in [1.165, 1.54) is 24.3 Å². The average molecular weight is 314 g/mol. The molecular formula is C13H19ClF3NO2. The number of aliphatic hydroxyl groups is 1. The minimum Gasteiger partial charge on any atom is -0.406 e. The van der Waals surface area contributed by atoms with Gasteiger partial charge < -0.3 is 15.6 Å². The first-order valence-electron chi connectivity index (χ1n) is 5.98. The van der Waals surface area contributed by atoms with Crippen LogP contribution in [0.1, 0.15) is 31.9 Å². The lowest BCUT2D eigenvalue weighted by Gasteiger charge is -2.21. The van der Waals surface area contributed by atoms with Gasteiger partial charge in [-0.1, -0.05) is 26.0 Å². The van der Waals surface area contributed by atoms with Crippen LogP contribution in [0.3, 0.4) is 0 Å². The van der Waals surface area contributed by atoms with Crippen molar-refractivity contribution in [3.63, 3.8) is 0 Å². The zero-order valence-electron chi connectivity index (χ0n) is 11.2. The summed E-state index contributed by atoms with van der Waals surface area (Å²) < 4.78 is 39.7. The maximum atomic E-state index is 12.0. The van der Waals surface area contributed by atoms with Gasteiger partial charge in [-0.3, -0.25) is 0 Å². The molecule has 1 rings (SSSR count). The first-order valence-corrected chi connectivity index (χ1v) is 5.98. The molecule has 7 heteroatoms. The molecule has 0 heterocycles. The second-order valence-electron chi connectivity index (χ2n) is 4.84. The standard InChI is InChI=1S/C13H18F3NO2.ClH/c1-8(2)7-11(18)12(17)9-3-5-10(6-4-9)19-13(14,15)16;/h3-6,8,11-12,18H,7,17H2,1-2H3;1H/t11-,12+;/m1./s1. The molecule has 0 spiro atoms. The van der Waals surface area contributed by atoms with Gasteiger partial charge in [-0.2, -0.15) is 0 Å². The summed E-state index contributed by atoms with van der Waals surface area (Å²) in [4.78, 5) is 0. The molecule has 3 N–H and O–H groups in total. The Morgan fingerprint density at radius 2 is 1.70 bits per heavy atom. The minimum absolute atomic E-state index is 0. The van der Waals surface area contributed by atoms with Crippen LogP contribution in [0.2, 0.25) is 0 Å². The summed E-state index contributed by atoms with van der Waals surface area (Å²) in [5.74, 6) is -0.0179. The van der Waals surface area contributed by atoms with Gasteiger partial charge in [-0.15, -0.1) is 25.6 Å². The van der Waals surface area contributed by atoms with E-state index in [0.717, 1.165) is 0 Å².